The summed E-state index contributed by atoms with van der Waals surface area (Å²) < 4.78 is 0. The van der Waals surface area contributed by atoms with Gasteiger partial charge in [0.05, 0.1) is 0 Å². The normalized spacial score (nSPS) is 12.7. The average Bonchev–Trinajstić information content (AvgIpc) is 2.00. The molecule has 0 radical (unpaired) electrons. The van der Waals surface area contributed by atoms with Gasteiger partial charge in [-0.05, 0) is 32.6 Å². The fourth-order valence-electron chi connectivity index (χ4n) is 1.12. The molecule has 13 heavy (non-hydrogen) atoms. The molecule has 0 bridgehead atoms. The molecule has 4 N–H and O–H groups in total. The predicted octanol–water partition coefficient (Wildman–Crippen LogP) is 2.47. The lowest BCUT2D eigenvalue weighted by atomic mass is 9.88. The Kier molecular flexibility index (Phi) is 13.3. The highest BCUT2D eigenvalue weighted by atomic mass is 35.5. The maximum absolute atomic E-state index is 6.09. The molecule has 1 atom stereocenters. The molecule has 0 saturated heterocycles. The topological polar surface area (TPSA) is 52.0 Å². The largest absolute Gasteiger partial charge is 0.328 e. The van der Waals surface area contributed by atoms with E-state index in [0.29, 0.717) is 0 Å². The average molecular weight is 231 g/mol. The second-order valence-electron chi connectivity index (χ2n) is 3.59. The molecule has 0 spiro atoms. The lowest BCUT2D eigenvalue weighted by Crippen LogP contribution is -2.39. The highest BCUT2D eigenvalue weighted by Crippen LogP contribution is 2.18. The van der Waals surface area contributed by atoms with Gasteiger partial charge in [0.2, 0.25) is 0 Å². The minimum absolute atomic E-state index is 0. The van der Waals surface area contributed by atoms with Crippen LogP contribution in [0, 0.1) is 0 Å². The molecule has 0 aromatic heterocycles. The minimum Gasteiger partial charge on any atom is -0.328 e. The molecule has 4 heteroatoms. The van der Waals surface area contributed by atoms with Crippen LogP contribution in [0.15, 0.2) is 0 Å². The predicted molar refractivity (Wildman–Crippen MR) is 64.9 cm³/mol. The zero-order valence-electron chi connectivity index (χ0n) is 8.88. The van der Waals surface area contributed by atoms with Gasteiger partial charge in [0, 0.05) is 11.6 Å². The Morgan fingerprint density at radius 2 is 1.54 bits per heavy atom. The summed E-state index contributed by atoms with van der Waals surface area (Å²) in [6.45, 7) is 6.32. The van der Waals surface area contributed by atoms with Crippen LogP contribution in [0.25, 0.3) is 0 Å². The van der Waals surface area contributed by atoms with Crippen LogP contribution in [0.3, 0.4) is 0 Å². The van der Waals surface area contributed by atoms with Crippen molar-refractivity contribution < 1.29 is 0 Å². The first-order valence-corrected chi connectivity index (χ1v) is 4.58. The van der Waals surface area contributed by atoms with E-state index in [1.165, 1.54) is 0 Å². The van der Waals surface area contributed by atoms with Gasteiger partial charge in [-0.3, -0.25) is 0 Å². The van der Waals surface area contributed by atoms with Crippen LogP contribution in [-0.4, -0.2) is 11.6 Å². The second-order valence-corrected chi connectivity index (χ2v) is 3.59. The van der Waals surface area contributed by atoms with Gasteiger partial charge < -0.3 is 11.5 Å². The van der Waals surface area contributed by atoms with Crippen LogP contribution < -0.4 is 11.5 Å². The van der Waals surface area contributed by atoms with Crippen molar-refractivity contribution in [3.8, 4) is 0 Å². The van der Waals surface area contributed by atoms with E-state index in [1.807, 2.05) is 6.92 Å². The van der Waals surface area contributed by atoms with Gasteiger partial charge in [-0.2, -0.15) is 0 Å². The zero-order valence-corrected chi connectivity index (χ0v) is 10.5. The second kappa shape index (κ2) is 9.07. The molecular weight excluding hydrogens is 207 g/mol. The Bertz CT molecular complexity index is 104. The SMILES string of the molecule is CCC(N)(CC)CCC(C)N.Cl.Cl. The van der Waals surface area contributed by atoms with Crippen LogP contribution in [0.2, 0.25) is 0 Å². The van der Waals surface area contributed by atoms with Crippen LogP contribution in [-0.2, 0) is 0 Å². The number of nitrogens with two attached hydrogens (primary N) is 2. The van der Waals surface area contributed by atoms with Crippen molar-refractivity contribution >= 4 is 24.8 Å². The van der Waals surface area contributed by atoms with Gasteiger partial charge in [0.1, 0.15) is 0 Å². The van der Waals surface area contributed by atoms with Gasteiger partial charge in [0.25, 0.3) is 0 Å². The molecular formula is C9H24Cl2N2. The van der Waals surface area contributed by atoms with Crippen molar-refractivity contribution in [1.29, 1.82) is 0 Å². The van der Waals surface area contributed by atoms with E-state index in [2.05, 4.69) is 13.8 Å². The van der Waals surface area contributed by atoms with Crippen molar-refractivity contribution in [2.75, 3.05) is 0 Å². The highest BCUT2D eigenvalue weighted by molar-refractivity contribution is 5.85. The molecule has 0 aliphatic carbocycles. The van der Waals surface area contributed by atoms with Gasteiger partial charge in [-0.25, -0.2) is 0 Å². The van der Waals surface area contributed by atoms with Crippen molar-refractivity contribution in [3.05, 3.63) is 0 Å². The maximum Gasteiger partial charge on any atom is 0.0149 e. The summed E-state index contributed by atoms with van der Waals surface area (Å²) in [5.74, 6) is 0. The Balaban J connectivity index is -0.000000500. The Hall–Kier alpha value is 0.500. The molecule has 0 aliphatic heterocycles. The Morgan fingerprint density at radius 3 is 1.77 bits per heavy atom. The van der Waals surface area contributed by atoms with E-state index in [1.54, 1.807) is 0 Å². The van der Waals surface area contributed by atoms with E-state index >= 15 is 0 Å². The molecule has 0 aromatic rings. The summed E-state index contributed by atoms with van der Waals surface area (Å²) in [6, 6.07) is 0.288. The van der Waals surface area contributed by atoms with Crippen LogP contribution in [0.5, 0.6) is 0 Å². The molecule has 0 fully saturated rings. The number of hydrogen-bond donors (Lipinski definition) is 2. The van der Waals surface area contributed by atoms with E-state index in [-0.39, 0.29) is 36.4 Å². The van der Waals surface area contributed by atoms with Crippen molar-refractivity contribution in [2.24, 2.45) is 11.5 Å². The zero-order chi connectivity index (χ0) is 8.91. The van der Waals surface area contributed by atoms with Crippen LogP contribution >= 0.6 is 24.8 Å². The molecule has 0 heterocycles. The molecule has 0 aliphatic rings. The fraction of sp³-hybridized carbons (Fsp3) is 1.00. The summed E-state index contributed by atoms with van der Waals surface area (Å²) in [5, 5.41) is 0. The lowest BCUT2D eigenvalue weighted by molar-refractivity contribution is 0.347. The van der Waals surface area contributed by atoms with Crippen LogP contribution in [0.4, 0.5) is 0 Å². The van der Waals surface area contributed by atoms with Crippen LogP contribution in [0.1, 0.15) is 46.5 Å². The van der Waals surface area contributed by atoms with E-state index in [9.17, 15) is 0 Å². The molecule has 2 nitrogen and oxygen atoms in total. The summed E-state index contributed by atoms with van der Waals surface area (Å²) in [4.78, 5) is 0. The third-order valence-electron chi connectivity index (χ3n) is 2.51. The van der Waals surface area contributed by atoms with Gasteiger partial charge in [-0.15, -0.1) is 24.8 Å². The van der Waals surface area contributed by atoms with Crippen molar-refractivity contribution in [1.82, 2.24) is 0 Å². The van der Waals surface area contributed by atoms with E-state index in [0.717, 1.165) is 25.7 Å². The smallest absolute Gasteiger partial charge is 0.0149 e. The molecule has 0 rings (SSSR count). The Labute approximate surface area is 94.6 Å². The summed E-state index contributed by atoms with van der Waals surface area (Å²) in [7, 11) is 0. The summed E-state index contributed by atoms with van der Waals surface area (Å²) in [5.41, 5.74) is 11.8. The highest BCUT2D eigenvalue weighted by Gasteiger charge is 2.19. The monoisotopic (exact) mass is 230 g/mol. The molecule has 0 saturated carbocycles. The van der Waals surface area contributed by atoms with Gasteiger partial charge in [-0.1, -0.05) is 13.8 Å². The molecule has 1 unspecified atom stereocenters. The third kappa shape index (κ3) is 8.82. The molecule has 0 amide bonds. The summed E-state index contributed by atoms with van der Waals surface area (Å²) in [6.07, 6.45) is 4.20. The lowest BCUT2D eigenvalue weighted by Gasteiger charge is -2.27. The van der Waals surface area contributed by atoms with Gasteiger partial charge in [0.15, 0.2) is 0 Å². The molecule has 84 valence electrons. The number of halogens is 2. The minimum atomic E-state index is 0. The third-order valence-corrected chi connectivity index (χ3v) is 2.51. The number of hydrogen-bond acceptors (Lipinski definition) is 2. The van der Waals surface area contributed by atoms with Crippen molar-refractivity contribution in [2.45, 2.75) is 58.0 Å². The van der Waals surface area contributed by atoms with E-state index in [4.69, 9.17) is 11.5 Å². The standard InChI is InChI=1S/C9H22N2.2ClH/c1-4-9(11,5-2)7-6-8(3)10;;/h8H,4-7,10-11H2,1-3H3;2*1H. The maximum atomic E-state index is 6.09. The number of rotatable bonds is 5. The van der Waals surface area contributed by atoms with Crippen molar-refractivity contribution in [3.63, 3.8) is 0 Å². The first-order valence-electron chi connectivity index (χ1n) is 4.58. The van der Waals surface area contributed by atoms with Gasteiger partial charge >= 0.3 is 0 Å². The fourth-order valence-corrected chi connectivity index (χ4v) is 1.12. The first kappa shape index (κ1) is 19.1. The molecule has 0 aromatic carbocycles. The quantitative estimate of drug-likeness (QED) is 0.763. The summed E-state index contributed by atoms with van der Waals surface area (Å²) >= 11 is 0. The first-order chi connectivity index (χ1) is 5.04. The Morgan fingerprint density at radius 1 is 1.15 bits per heavy atom. The van der Waals surface area contributed by atoms with E-state index < -0.39 is 0 Å².